The van der Waals surface area contributed by atoms with Gasteiger partial charge >= 0.3 is 0 Å². The second-order valence-electron chi connectivity index (χ2n) is 4.96. The molecule has 0 bridgehead atoms. The van der Waals surface area contributed by atoms with E-state index in [9.17, 15) is 0 Å². The lowest BCUT2D eigenvalue weighted by Crippen LogP contribution is -2.41. The van der Waals surface area contributed by atoms with Crippen molar-refractivity contribution in [2.75, 3.05) is 7.11 Å². The molecular formula is C13H28N2O. The van der Waals surface area contributed by atoms with E-state index in [1.807, 2.05) is 6.08 Å². The standard InChI is InChI=1S/C13H28N2O/c1-5-6-7-8-9-10-12(15-14)11-13(2,3)16-4/h5,12,15H,1,6-11,14H2,2-4H3. The summed E-state index contributed by atoms with van der Waals surface area (Å²) in [6.07, 6.45) is 8.84. The highest BCUT2D eigenvalue weighted by molar-refractivity contribution is 4.77. The highest BCUT2D eigenvalue weighted by Crippen LogP contribution is 2.18. The van der Waals surface area contributed by atoms with E-state index in [1.54, 1.807) is 7.11 Å². The van der Waals surface area contributed by atoms with Crippen LogP contribution in [0.1, 0.15) is 52.4 Å². The molecule has 0 aliphatic heterocycles. The molecule has 0 radical (unpaired) electrons. The lowest BCUT2D eigenvalue weighted by molar-refractivity contribution is 0.00616. The number of ether oxygens (including phenoxy) is 1. The third-order valence-electron chi connectivity index (χ3n) is 2.99. The van der Waals surface area contributed by atoms with Crippen molar-refractivity contribution in [1.82, 2.24) is 5.43 Å². The van der Waals surface area contributed by atoms with Crippen molar-refractivity contribution in [1.29, 1.82) is 0 Å². The van der Waals surface area contributed by atoms with Gasteiger partial charge in [-0.2, -0.15) is 0 Å². The maximum Gasteiger partial charge on any atom is 0.0638 e. The Bertz CT molecular complexity index is 181. The molecule has 0 heterocycles. The zero-order valence-corrected chi connectivity index (χ0v) is 11.1. The van der Waals surface area contributed by atoms with Crippen molar-refractivity contribution < 1.29 is 4.74 Å². The van der Waals surface area contributed by atoms with Gasteiger partial charge in [0.25, 0.3) is 0 Å². The fourth-order valence-corrected chi connectivity index (χ4v) is 1.78. The molecule has 96 valence electrons. The number of hydrogen-bond acceptors (Lipinski definition) is 3. The molecule has 0 spiro atoms. The van der Waals surface area contributed by atoms with E-state index in [2.05, 4.69) is 25.9 Å². The number of unbranched alkanes of at least 4 members (excludes halogenated alkanes) is 3. The summed E-state index contributed by atoms with van der Waals surface area (Å²) in [5, 5.41) is 0. The summed E-state index contributed by atoms with van der Waals surface area (Å²) in [7, 11) is 1.75. The first-order valence-corrected chi connectivity index (χ1v) is 6.18. The van der Waals surface area contributed by atoms with E-state index < -0.39 is 0 Å². The van der Waals surface area contributed by atoms with Crippen molar-refractivity contribution in [3.05, 3.63) is 12.7 Å². The number of hydrazine groups is 1. The zero-order chi connectivity index (χ0) is 12.4. The number of allylic oxidation sites excluding steroid dienone is 1. The van der Waals surface area contributed by atoms with Crippen LogP contribution in [0.3, 0.4) is 0 Å². The SMILES string of the molecule is C=CCCCCCC(CC(C)(C)OC)NN. The Morgan fingerprint density at radius 2 is 2.06 bits per heavy atom. The summed E-state index contributed by atoms with van der Waals surface area (Å²) >= 11 is 0. The number of rotatable bonds is 10. The molecule has 3 nitrogen and oxygen atoms in total. The van der Waals surface area contributed by atoms with Crippen molar-refractivity contribution in [3.8, 4) is 0 Å². The molecule has 0 aromatic rings. The van der Waals surface area contributed by atoms with Gasteiger partial charge in [-0.05, 0) is 39.5 Å². The Kier molecular flexibility index (Phi) is 8.53. The van der Waals surface area contributed by atoms with E-state index >= 15 is 0 Å². The van der Waals surface area contributed by atoms with Crippen LogP contribution in [0.4, 0.5) is 0 Å². The van der Waals surface area contributed by atoms with Gasteiger partial charge in [0.2, 0.25) is 0 Å². The fraction of sp³-hybridized carbons (Fsp3) is 0.846. The largest absolute Gasteiger partial charge is 0.379 e. The normalized spacial score (nSPS) is 13.8. The Morgan fingerprint density at radius 1 is 1.38 bits per heavy atom. The molecule has 3 N–H and O–H groups in total. The highest BCUT2D eigenvalue weighted by Gasteiger charge is 2.21. The molecule has 0 amide bonds. The van der Waals surface area contributed by atoms with Crippen molar-refractivity contribution in [2.24, 2.45) is 5.84 Å². The topological polar surface area (TPSA) is 47.3 Å². The molecule has 1 atom stereocenters. The molecule has 0 aliphatic rings. The minimum Gasteiger partial charge on any atom is -0.379 e. The Hall–Kier alpha value is -0.380. The molecule has 0 saturated carbocycles. The Labute approximate surface area is 100 Å². The van der Waals surface area contributed by atoms with Gasteiger partial charge in [-0.3, -0.25) is 11.3 Å². The quantitative estimate of drug-likeness (QED) is 0.261. The van der Waals surface area contributed by atoms with Gasteiger partial charge in [-0.25, -0.2) is 0 Å². The van der Waals surface area contributed by atoms with Gasteiger partial charge in [0.15, 0.2) is 0 Å². The third-order valence-corrected chi connectivity index (χ3v) is 2.99. The summed E-state index contributed by atoms with van der Waals surface area (Å²) in [4.78, 5) is 0. The average Bonchev–Trinajstić information content (AvgIpc) is 2.27. The summed E-state index contributed by atoms with van der Waals surface area (Å²) < 4.78 is 5.41. The molecule has 0 aromatic heterocycles. The first kappa shape index (κ1) is 15.6. The third kappa shape index (κ3) is 7.85. The van der Waals surface area contributed by atoms with Crippen LogP contribution in [0.15, 0.2) is 12.7 Å². The fourth-order valence-electron chi connectivity index (χ4n) is 1.78. The number of nitrogens with two attached hydrogens (primary N) is 1. The lowest BCUT2D eigenvalue weighted by atomic mass is 9.95. The monoisotopic (exact) mass is 228 g/mol. The predicted molar refractivity (Wildman–Crippen MR) is 70.1 cm³/mol. The Morgan fingerprint density at radius 3 is 2.56 bits per heavy atom. The number of methoxy groups -OCH3 is 1. The summed E-state index contributed by atoms with van der Waals surface area (Å²) in [5.41, 5.74) is 2.78. The van der Waals surface area contributed by atoms with Gasteiger partial charge in [-0.15, -0.1) is 6.58 Å². The molecule has 3 heteroatoms. The highest BCUT2D eigenvalue weighted by atomic mass is 16.5. The molecule has 0 aromatic carbocycles. The van der Waals surface area contributed by atoms with Gasteiger partial charge in [0.05, 0.1) is 5.60 Å². The van der Waals surface area contributed by atoms with Crippen LogP contribution in [0.2, 0.25) is 0 Å². The predicted octanol–water partition coefficient (Wildman–Crippen LogP) is 2.77. The molecular weight excluding hydrogens is 200 g/mol. The van der Waals surface area contributed by atoms with Crippen molar-refractivity contribution in [2.45, 2.75) is 64.0 Å². The van der Waals surface area contributed by atoms with E-state index in [0.717, 1.165) is 19.3 Å². The summed E-state index contributed by atoms with van der Waals surface area (Å²) in [6, 6.07) is 0.346. The van der Waals surface area contributed by atoms with E-state index in [1.165, 1.54) is 19.3 Å². The number of nitrogens with one attached hydrogen (secondary N) is 1. The van der Waals surface area contributed by atoms with Crippen LogP contribution in [-0.2, 0) is 4.74 Å². The first-order valence-electron chi connectivity index (χ1n) is 6.18. The maximum absolute atomic E-state index is 5.55. The molecule has 0 rings (SSSR count). The Balaban J connectivity index is 3.70. The van der Waals surface area contributed by atoms with Crippen LogP contribution in [0.5, 0.6) is 0 Å². The van der Waals surface area contributed by atoms with E-state index in [4.69, 9.17) is 10.6 Å². The minimum atomic E-state index is -0.0991. The van der Waals surface area contributed by atoms with Crippen molar-refractivity contribution >= 4 is 0 Å². The average molecular weight is 228 g/mol. The van der Waals surface area contributed by atoms with E-state index in [-0.39, 0.29) is 5.60 Å². The van der Waals surface area contributed by atoms with Crippen molar-refractivity contribution in [3.63, 3.8) is 0 Å². The van der Waals surface area contributed by atoms with Gasteiger partial charge in [-0.1, -0.05) is 18.9 Å². The van der Waals surface area contributed by atoms with E-state index in [0.29, 0.717) is 6.04 Å². The zero-order valence-electron chi connectivity index (χ0n) is 11.1. The molecule has 0 saturated heterocycles. The summed E-state index contributed by atoms with van der Waals surface area (Å²) in [6.45, 7) is 7.90. The first-order chi connectivity index (χ1) is 7.55. The lowest BCUT2D eigenvalue weighted by Gasteiger charge is -2.28. The van der Waals surface area contributed by atoms with Crippen LogP contribution >= 0.6 is 0 Å². The van der Waals surface area contributed by atoms with Crippen LogP contribution in [0.25, 0.3) is 0 Å². The molecule has 0 fully saturated rings. The van der Waals surface area contributed by atoms with Gasteiger partial charge < -0.3 is 4.74 Å². The molecule has 16 heavy (non-hydrogen) atoms. The molecule has 1 unspecified atom stereocenters. The number of hydrogen-bond donors (Lipinski definition) is 2. The van der Waals surface area contributed by atoms with Gasteiger partial charge in [0, 0.05) is 13.2 Å². The van der Waals surface area contributed by atoms with Crippen LogP contribution in [0, 0.1) is 0 Å². The molecule has 0 aliphatic carbocycles. The minimum absolute atomic E-state index is 0.0991. The second kappa shape index (κ2) is 8.74. The van der Waals surface area contributed by atoms with Crippen LogP contribution < -0.4 is 11.3 Å². The second-order valence-corrected chi connectivity index (χ2v) is 4.96. The maximum atomic E-state index is 5.55. The summed E-state index contributed by atoms with van der Waals surface area (Å²) in [5.74, 6) is 5.55. The smallest absolute Gasteiger partial charge is 0.0638 e. The van der Waals surface area contributed by atoms with Gasteiger partial charge in [0.1, 0.15) is 0 Å². The van der Waals surface area contributed by atoms with Crippen LogP contribution in [-0.4, -0.2) is 18.8 Å².